The van der Waals surface area contributed by atoms with Crippen LogP contribution in [0.3, 0.4) is 0 Å². The second-order valence-electron chi connectivity index (χ2n) is 4.30. The minimum absolute atomic E-state index is 0.279. The van der Waals surface area contributed by atoms with Crippen molar-refractivity contribution in [3.05, 3.63) is 33.4 Å². The van der Waals surface area contributed by atoms with Crippen molar-refractivity contribution < 1.29 is 5.11 Å². The van der Waals surface area contributed by atoms with E-state index in [0.29, 0.717) is 12.0 Å². The van der Waals surface area contributed by atoms with Gasteiger partial charge in [-0.25, -0.2) is 0 Å². The Morgan fingerprint density at radius 3 is 2.44 bits per heavy atom. The zero-order valence-corrected chi connectivity index (χ0v) is 12.1. The summed E-state index contributed by atoms with van der Waals surface area (Å²) in [5.74, 6) is 0.524. The molecule has 1 aromatic carbocycles. The van der Waals surface area contributed by atoms with Gasteiger partial charge < -0.3 is 10.4 Å². The number of hydrogen-bond acceptors (Lipinski definition) is 2. The average Bonchev–Trinajstić information content (AvgIpc) is 2.27. The molecule has 0 aliphatic rings. The van der Waals surface area contributed by atoms with E-state index in [1.807, 2.05) is 0 Å². The Labute approximate surface area is 112 Å². The van der Waals surface area contributed by atoms with Crippen LogP contribution in [-0.2, 0) is 0 Å². The molecule has 2 atom stereocenters. The van der Waals surface area contributed by atoms with E-state index in [0.717, 1.165) is 13.0 Å². The summed E-state index contributed by atoms with van der Waals surface area (Å²) < 4.78 is 1.27. The molecule has 0 saturated carbocycles. The lowest BCUT2D eigenvalue weighted by Crippen LogP contribution is -2.24. The Hall–Kier alpha value is -0.130. The van der Waals surface area contributed by atoms with Gasteiger partial charge in [-0.05, 0) is 66.1 Å². The van der Waals surface area contributed by atoms with Crippen molar-refractivity contribution in [2.24, 2.45) is 5.92 Å². The lowest BCUT2D eigenvalue weighted by Gasteiger charge is -2.17. The molecule has 1 aromatic rings. The molecule has 0 radical (unpaired) electrons. The molecule has 2 N–H and O–H groups in total. The molecule has 90 valence electrons. The fraction of sp³-hybridized carbons (Fsp3) is 0.538. The van der Waals surface area contributed by atoms with Gasteiger partial charge in [-0.15, -0.1) is 0 Å². The SMILES string of the molecule is CC(CCO)CNC(C)c1ccc(I)cc1. The molecule has 2 unspecified atom stereocenters. The van der Waals surface area contributed by atoms with Crippen molar-refractivity contribution in [2.45, 2.75) is 26.3 Å². The Morgan fingerprint density at radius 1 is 1.25 bits per heavy atom. The highest BCUT2D eigenvalue weighted by atomic mass is 127. The second-order valence-corrected chi connectivity index (χ2v) is 5.54. The van der Waals surface area contributed by atoms with E-state index in [9.17, 15) is 0 Å². The van der Waals surface area contributed by atoms with E-state index in [-0.39, 0.29) is 6.61 Å². The maximum Gasteiger partial charge on any atom is 0.0434 e. The lowest BCUT2D eigenvalue weighted by atomic mass is 10.1. The first-order valence-electron chi connectivity index (χ1n) is 5.73. The van der Waals surface area contributed by atoms with Crippen LogP contribution in [0, 0.1) is 9.49 Å². The van der Waals surface area contributed by atoms with Crippen molar-refractivity contribution in [2.75, 3.05) is 13.2 Å². The van der Waals surface area contributed by atoms with Gasteiger partial charge in [0.05, 0.1) is 0 Å². The molecule has 0 aliphatic carbocycles. The highest BCUT2D eigenvalue weighted by Crippen LogP contribution is 2.14. The molecule has 0 saturated heterocycles. The average molecular weight is 333 g/mol. The molecule has 16 heavy (non-hydrogen) atoms. The third kappa shape index (κ3) is 4.80. The van der Waals surface area contributed by atoms with Crippen LogP contribution in [0.1, 0.15) is 31.9 Å². The van der Waals surface area contributed by atoms with Crippen molar-refractivity contribution in [3.8, 4) is 0 Å². The summed E-state index contributed by atoms with van der Waals surface area (Å²) in [5, 5.41) is 12.3. The van der Waals surface area contributed by atoms with Gasteiger partial charge in [0.2, 0.25) is 0 Å². The van der Waals surface area contributed by atoms with Gasteiger partial charge in [0.15, 0.2) is 0 Å². The summed E-state index contributed by atoms with van der Waals surface area (Å²) in [4.78, 5) is 0. The second kappa shape index (κ2) is 7.25. The monoisotopic (exact) mass is 333 g/mol. The fourth-order valence-electron chi connectivity index (χ4n) is 1.57. The Bertz CT molecular complexity index is 299. The highest BCUT2D eigenvalue weighted by molar-refractivity contribution is 14.1. The molecule has 0 fully saturated rings. The Kier molecular flexibility index (Phi) is 6.31. The van der Waals surface area contributed by atoms with Crippen LogP contribution in [0.5, 0.6) is 0 Å². The molecule has 0 aromatic heterocycles. The van der Waals surface area contributed by atoms with Crippen molar-refractivity contribution in [1.82, 2.24) is 5.32 Å². The number of nitrogens with one attached hydrogen (secondary N) is 1. The van der Waals surface area contributed by atoms with E-state index in [1.54, 1.807) is 0 Å². The van der Waals surface area contributed by atoms with Gasteiger partial charge in [-0.1, -0.05) is 19.1 Å². The number of aliphatic hydroxyl groups excluding tert-OH is 1. The first kappa shape index (κ1) is 13.9. The molecule has 0 aliphatic heterocycles. The smallest absolute Gasteiger partial charge is 0.0434 e. The first-order valence-corrected chi connectivity index (χ1v) is 6.81. The molecule has 3 heteroatoms. The van der Waals surface area contributed by atoms with Gasteiger partial charge in [0.1, 0.15) is 0 Å². The zero-order chi connectivity index (χ0) is 12.0. The van der Waals surface area contributed by atoms with Gasteiger partial charge in [-0.3, -0.25) is 0 Å². The molecule has 0 amide bonds. The Morgan fingerprint density at radius 2 is 1.88 bits per heavy atom. The van der Waals surface area contributed by atoms with Gasteiger partial charge in [-0.2, -0.15) is 0 Å². The maximum atomic E-state index is 8.82. The zero-order valence-electron chi connectivity index (χ0n) is 9.91. The Balaban J connectivity index is 2.40. The summed E-state index contributed by atoms with van der Waals surface area (Å²) in [6.07, 6.45) is 0.867. The quantitative estimate of drug-likeness (QED) is 0.785. The third-order valence-corrected chi connectivity index (χ3v) is 3.48. The van der Waals surface area contributed by atoms with Crippen LogP contribution >= 0.6 is 22.6 Å². The van der Waals surface area contributed by atoms with Gasteiger partial charge in [0.25, 0.3) is 0 Å². The predicted molar refractivity (Wildman–Crippen MR) is 76.4 cm³/mol. The lowest BCUT2D eigenvalue weighted by molar-refractivity contribution is 0.258. The number of hydrogen-bond donors (Lipinski definition) is 2. The van der Waals surface area contributed by atoms with Gasteiger partial charge >= 0.3 is 0 Å². The van der Waals surface area contributed by atoms with Crippen LogP contribution < -0.4 is 5.32 Å². The number of halogens is 1. The minimum atomic E-state index is 0.279. The minimum Gasteiger partial charge on any atom is -0.396 e. The summed E-state index contributed by atoms with van der Waals surface area (Å²) in [6, 6.07) is 8.96. The predicted octanol–water partition coefficient (Wildman–Crippen LogP) is 2.96. The van der Waals surface area contributed by atoms with E-state index in [1.165, 1.54) is 9.13 Å². The third-order valence-electron chi connectivity index (χ3n) is 2.76. The van der Waals surface area contributed by atoms with Crippen molar-refractivity contribution in [1.29, 1.82) is 0 Å². The normalized spacial score (nSPS) is 14.8. The summed E-state index contributed by atoms with van der Waals surface area (Å²) in [7, 11) is 0. The fourth-order valence-corrected chi connectivity index (χ4v) is 1.93. The van der Waals surface area contributed by atoms with E-state index < -0.39 is 0 Å². The molecule has 1 rings (SSSR count). The van der Waals surface area contributed by atoms with E-state index >= 15 is 0 Å². The summed E-state index contributed by atoms with van der Waals surface area (Å²) in [6.45, 7) is 5.56. The van der Waals surface area contributed by atoms with E-state index in [4.69, 9.17) is 5.11 Å². The van der Waals surface area contributed by atoms with Crippen LogP contribution in [0.25, 0.3) is 0 Å². The molecule has 0 bridgehead atoms. The highest BCUT2D eigenvalue weighted by Gasteiger charge is 2.06. The molecule has 0 heterocycles. The molecule has 2 nitrogen and oxygen atoms in total. The first-order chi connectivity index (χ1) is 7.63. The molecular formula is C13H20INO. The number of rotatable bonds is 6. The van der Waals surface area contributed by atoms with Crippen LogP contribution in [0.15, 0.2) is 24.3 Å². The van der Waals surface area contributed by atoms with E-state index in [2.05, 4.69) is 66.0 Å². The largest absolute Gasteiger partial charge is 0.396 e. The van der Waals surface area contributed by atoms with Crippen LogP contribution in [0.4, 0.5) is 0 Å². The summed E-state index contributed by atoms with van der Waals surface area (Å²) in [5.41, 5.74) is 1.32. The van der Waals surface area contributed by atoms with Crippen molar-refractivity contribution >= 4 is 22.6 Å². The molecule has 0 spiro atoms. The molecular weight excluding hydrogens is 313 g/mol. The topological polar surface area (TPSA) is 32.3 Å². The standard InChI is InChI=1S/C13H20INO/c1-10(7-8-16)9-15-11(2)12-3-5-13(14)6-4-12/h3-6,10-11,15-16H,7-9H2,1-2H3. The van der Waals surface area contributed by atoms with Gasteiger partial charge in [0, 0.05) is 16.2 Å². The number of aliphatic hydroxyl groups is 1. The van der Waals surface area contributed by atoms with Crippen molar-refractivity contribution in [3.63, 3.8) is 0 Å². The number of benzene rings is 1. The maximum absolute atomic E-state index is 8.82. The summed E-state index contributed by atoms with van der Waals surface area (Å²) >= 11 is 2.31. The van der Waals surface area contributed by atoms with Crippen LogP contribution in [-0.4, -0.2) is 18.3 Å². The van der Waals surface area contributed by atoms with Crippen LogP contribution in [0.2, 0.25) is 0 Å².